The lowest BCUT2D eigenvalue weighted by Gasteiger charge is -2.35. The van der Waals surface area contributed by atoms with E-state index in [4.69, 9.17) is 16.3 Å². The van der Waals surface area contributed by atoms with Gasteiger partial charge >= 0.3 is 0 Å². The summed E-state index contributed by atoms with van der Waals surface area (Å²) in [5, 5.41) is 6.80. The first-order chi connectivity index (χ1) is 15.1. The van der Waals surface area contributed by atoms with E-state index in [9.17, 15) is 4.79 Å². The zero-order valence-electron chi connectivity index (χ0n) is 16.8. The Morgan fingerprint density at radius 1 is 1.26 bits per heavy atom. The molecule has 6 rings (SSSR count). The third kappa shape index (κ3) is 2.58. The van der Waals surface area contributed by atoms with Crippen LogP contribution in [0.4, 0.5) is 10.2 Å². The number of piperazine rings is 1. The van der Waals surface area contributed by atoms with Gasteiger partial charge in [-0.3, -0.25) is 4.79 Å². The Hall–Kier alpha value is -2.97. The van der Waals surface area contributed by atoms with Crippen LogP contribution in [0, 0.1) is 12.7 Å². The molecule has 0 spiro atoms. The number of aromatic nitrogens is 2. The second-order valence-corrected chi connectivity index (χ2v) is 8.47. The highest BCUT2D eigenvalue weighted by molar-refractivity contribution is 6.37. The standard InChI is InChI=1S/C22H19ClFN5O2/c1-10-2-3-11-6-26-22(30)14(11)13(10)15-17(23)20-16-19(18(15)24)27-9-28-21(16)29-5-4-25-7-12(29)8-31-20/h2-3,9,12,25H,4-8H2,1H3,(H,26,30)/t12-/m0/s1. The maximum Gasteiger partial charge on any atom is 0.252 e. The summed E-state index contributed by atoms with van der Waals surface area (Å²) < 4.78 is 22.2. The maximum absolute atomic E-state index is 16.1. The van der Waals surface area contributed by atoms with E-state index in [0.717, 1.165) is 30.8 Å². The summed E-state index contributed by atoms with van der Waals surface area (Å²) in [4.78, 5) is 23.5. The molecule has 0 radical (unpaired) electrons. The molecule has 1 fully saturated rings. The molecular formula is C22H19ClFN5O2. The Kier molecular flexibility index (Phi) is 4.10. The van der Waals surface area contributed by atoms with Crippen molar-refractivity contribution in [2.24, 2.45) is 0 Å². The fourth-order valence-electron chi connectivity index (χ4n) is 4.87. The predicted molar refractivity (Wildman–Crippen MR) is 115 cm³/mol. The number of carbonyl (C=O) groups excluding carboxylic acids is 1. The predicted octanol–water partition coefficient (Wildman–Crippen LogP) is 2.81. The van der Waals surface area contributed by atoms with Crippen molar-refractivity contribution in [2.75, 3.05) is 31.1 Å². The zero-order valence-corrected chi connectivity index (χ0v) is 17.5. The minimum absolute atomic E-state index is 0.0512. The van der Waals surface area contributed by atoms with Crippen LogP contribution in [0.1, 0.15) is 21.5 Å². The molecule has 1 aromatic heterocycles. The van der Waals surface area contributed by atoms with Crippen molar-refractivity contribution in [1.82, 2.24) is 20.6 Å². The average Bonchev–Trinajstić information content (AvgIpc) is 3.06. The first kappa shape index (κ1) is 18.8. The van der Waals surface area contributed by atoms with E-state index in [1.54, 1.807) is 0 Å². The van der Waals surface area contributed by atoms with Crippen LogP contribution in [0.5, 0.6) is 5.75 Å². The lowest BCUT2D eigenvalue weighted by atomic mass is 9.91. The molecule has 3 aliphatic heterocycles. The molecule has 1 atom stereocenters. The summed E-state index contributed by atoms with van der Waals surface area (Å²) in [6.45, 7) is 4.90. The Balaban J connectivity index is 1.69. The molecule has 0 saturated carbocycles. The van der Waals surface area contributed by atoms with Crippen molar-refractivity contribution in [1.29, 1.82) is 0 Å². The molecule has 3 aromatic rings. The van der Waals surface area contributed by atoms with Crippen LogP contribution in [0.25, 0.3) is 22.0 Å². The topological polar surface area (TPSA) is 79.4 Å². The number of carbonyl (C=O) groups is 1. The first-order valence-electron chi connectivity index (χ1n) is 10.2. The largest absolute Gasteiger partial charge is 0.489 e. The Labute approximate surface area is 182 Å². The number of anilines is 1. The van der Waals surface area contributed by atoms with Gasteiger partial charge in [-0.2, -0.15) is 0 Å². The third-order valence-corrected chi connectivity index (χ3v) is 6.72. The minimum Gasteiger partial charge on any atom is -0.489 e. The number of halogens is 2. The molecule has 4 heterocycles. The number of rotatable bonds is 1. The summed E-state index contributed by atoms with van der Waals surface area (Å²) in [5.41, 5.74) is 2.82. The van der Waals surface area contributed by atoms with Crippen molar-refractivity contribution in [2.45, 2.75) is 19.5 Å². The molecule has 2 N–H and O–H groups in total. The molecule has 9 heteroatoms. The summed E-state index contributed by atoms with van der Waals surface area (Å²) in [5.74, 6) is 0.195. The van der Waals surface area contributed by atoms with Crippen LogP contribution < -0.4 is 20.3 Å². The minimum atomic E-state index is -0.569. The van der Waals surface area contributed by atoms with Gasteiger partial charge in [0.2, 0.25) is 0 Å². The van der Waals surface area contributed by atoms with Crippen LogP contribution >= 0.6 is 11.6 Å². The number of aryl methyl sites for hydroxylation is 1. The maximum atomic E-state index is 16.1. The van der Waals surface area contributed by atoms with Gasteiger partial charge in [0.25, 0.3) is 5.91 Å². The Morgan fingerprint density at radius 3 is 3.00 bits per heavy atom. The van der Waals surface area contributed by atoms with E-state index in [-0.39, 0.29) is 28.1 Å². The molecule has 1 amide bonds. The highest BCUT2D eigenvalue weighted by Gasteiger charge is 2.35. The second kappa shape index (κ2) is 6.77. The molecule has 7 nitrogen and oxygen atoms in total. The lowest BCUT2D eigenvalue weighted by Crippen LogP contribution is -2.53. The van der Waals surface area contributed by atoms with Gasteiger partial charge in [0, 0.05) is 37.3 Å². The van der Waals surface area contributed by atoms with E-state index < -0.39 is 5.82 Å². The Morgan fingerprint density at radius 2 is 2.13 bits per heavy atom. The number of hydrogen-bond donors (Lipinski definition) is 2. The van der Waals surface area contributed by atoms with Crippen molar-refractivity contribution >= 4 is 34.2 Å². The van der Waals surface area contributed by atoms with Gasteiger partial charge in [-0.05, 0) is 18.1 Å². The van der Waals surface area contributed by atoms with Gasteiger partial charge in [-0.15, -0.1) is 0 Å². The third-order valence-electron chi connectivity index (χ3n) is 6.36. The zero-order chi connectivity index (χ0) is 21.3. The van der Waals surface area contributed by atoms with E-state index >= 15 is 4.39 Å². The summed E-state index contributed by atoms with van der Waals surface area (Å²) in [7, 11) is 0. The van der Waals surface area contributed by atoms with Gasteiger partial charge < -0.3 is 20.3 Å². The smallest absolute Gasteiger partial charge is 0.252 e. The molecule has 2 aromatic carbocycles. The number of fused-ring (bicyclic) bond motifs is 3. The van der Waals surface area contributed by atoms with E-state index in [2.05, 4.69) is 25.5 Å². The van der Waals surface area contributed by atoms with E-state index in [0.29, 0.717) is 41.2 Å². The van der Waals surface area contributed by atoms with Gasteiger partial charge in [-0.1, -0.05) is 23.7 Å². The number of amides is 1. The van der Waals surface area contributed by atoms with Crippen molar-refractivity contribution in [3.05, 3.63) is 46.0 Å². The normalized spacial score (nSPS) is 19.5. The van der Waals surface area contributed by atoms with E-state index in [1.165, 1.54) is 6.33 Å². The van der Waals surface area contributed by atoms with Gasteiger partial charge in [0.15, 0.2) is 11.6 Å². The first-order valence-corrected chi connectivity index (χ1v) is 10.6. The lowest BCUT2D eigenvalue weighted by molar-refractivity contribution is 0.0966. The SMILES string of the molecule is Cc1ccc2c(c1-c1c(Cl)c3c4c(ncnc4c1F)N1CCNC[C@H]1CO3)C(=O)NC2. The molecular weight excluding hydrogens is 421 g/mol. The van der Waals surface area contributed by atoms with Gasteiger partial charge in [-0.25, -0.2) is 14.4 Å². The summed E-state index contributed by atoms with van der Waals surface area (Å²) in [6.07, 6.45) is 1.38. The van der Waals surface area contributed by atoms with Crippen LogP contribution in [0.3, 0.4) is 0 Å². The van der Waals surface area contributed by atoms with Crippen molar-refractivity contribution in [3.63, 3.8) is 0 Å². The highest BCUT2D eigenvalue weighted by Crippen LogP contribution is 2.49. The molecule has 0 unspecified atom stereocenters. The summed E-state index contributed by atoms with van der Waals surface area (Å²) >= 11 is 6.84. The summed E-state index contributed by atoms with van der Waals surface area (Å²) in [6, 6.07) is 3.82. The van der Waals surface area contributed by atoms with Crippen molar-refractivity contribution < 1.29 is 13.9 Å². The second-order valence-electron chi connectivity index (χ2n) is 8.09. The quantitative estimate of drug-likeness (QED) is 0.607. The van der Waals surface area contributed by atoms with Gasteiger partial charge in [0.05, 0.1) is 22.0 Å². The van der Waals surface area contributed by atoms with Crippen LogP contribution in [-0.2, 0) is 6.54 Å². The van der Waals surface area contributed by atoms with Gasteiger partial charge in [0.1, 0.15) is 24.3 Å². The fourth-order valence-corrected chi connectivity index (χ4v) is 5.20. The molecule has 0 aliphatic carbocycles. The molecule has 158 valence electrons. The highest BCUT2D eigenvalue weighted by atomic mass is 35.5. The van der Waals surface area contributed by atoms with Crippen LogP contribution in [-0.4, -0.2) is 48.2 Å². The number of ether oxygens (including phenoxy) is 1. The molecule has 3 aliphatic rings. The fraction of sp³-hybridized carbons (Fsp3) is 0.318. The Bertz CT molecular complexity index is 1280. The molecule has 0 bridgehead atoms. The number of hydrogen-bond acceptors (Lipinski definition) is 6. The van der Waals surface area contributed by atoms with Crippen molar-refractivity contribution in [3.8, 4) is 16.9 Å². The monoisotopic (exact) mass is 439 g/mol. The molecule has 31 heavy (non-hydrogen) atoms. The number of nitrogens with one attached hydrogen (secondary N) is 2. The number of nitrogens with zero attached hydrogens (tertiary/aromatic N) is 3. The van der Waals surface area contributed by atoms with E-state index in [1.807, 2.05) is 19.1 Å². The average molecular weight is 440 g/mol. The molecule has 1 saturated heterocycles. The van der Waals surface area contributed by atoms with Crippen LogP contribution in [0.2, 0.25) is 5.02 Å². The van der Waals surface area contributed by atoms with Crippen LogP contribution in [0.15, 0.2) is 18.5 Å². The number of benzene rings is 2.